The Balaban J connectivity index is 1.72. The quantitative estimate of drug-likeness (QED) is 0.599. The van der Waals surface area contributed by atoms with Crippen LogP contribution in [0.25, 0.3) is 0 Å². The lowest BCUT2D eigenvalue weighted by atomic mass is 9.93. The number of aliphatic hydroxyl groups is 2. The van der Waals surface area contributed by atoms with E-state index >= 15 is 0 Å². The maximum atomic E-state index is 14.9. The number of carbonyl (C=O) groups is 2. The maximum Gasteiger partial charge on any atom is 0.411 e. The molecule has 0 spiro atoms. The number of hydrazine groups is 1. The molecule has 3 aliphatic rings. The summed E-state index contributed by atoms with van der Waals surface area (Å²) in [6.07, 6.45) is -4.61. The van der Waals surface area contributed by atoms with E-state index in [9.17, 15) is 37.4 Å². The Kier molecular flexibility index (Phi) is 6.31. The minimum atomic E-state index is -4.97. The number of rotatable bonds is 3. The number of carbonyl (C=O) groups excluding carboxylic acids is 2. The van der Waals surface area contributed by atoms with E-state index in [1.165, 1.54) is 40.1 Å². The standard InChI is InChI=1S/C24H21F4N3O4S/c25-16-7-3-6-15-19(14-5-2-1-4-13(14)11-36-22(15)16)31-12-29(18(10-32)24(26,27)28)23(35)20-21(34)17(33)8-9-30(20)31/h1-9,18-21,32,34H,10-12H2/t18-,19+,20?,21?/m1/s1. The van der Waals surface area contributed by atoms with Crippen LogP contribution in [-0.4, -0.2) is 74.5 Å². The van der Waals surface area contributed by atoms with Gasteiger partial charge in [0.05, 0.1) is 19.3 Å². The average Bonchev–Trinajstić information content (AvgIpc) is 3.00. The molecule has 0 bridgehead atoms. The van der Waals surface area contributed by atoms with Crippen LogP contribution in [0.4, 0.5) is 17.6 Å². The van der Waals surface area contributed by atoms with Crippen molar-refractivity contribution >= 4 is 23.5 Å². The Morgan fingerprint density at radius 3 is 2.53 bits per heavy atom. The van der Waals surface area contributed by atoms with Gasteiger partial charge in [0, 0.05) is 22.9 Å². The molecule has 1 saturated heterocycles. The molecule has 1 fully saturated rings. The predicted molar refractivity (Wildman–Crippen MR) is 121 cm³/mol. The Morgan fingerprint density at radius 2 is 1.81 bits per heavy atom. The Bertz CT molecular complexity index is 1240. The van der Waals surface area contributed by atoms with Crippen LogP contribution < -0.4 is 0 Å². The smallest absolute Gasteiger partial charge is 0.394 e. The number of amides is 1. The monoisotopic (exact) mass is 523 g/mol. The van der Waals surface area contributed by atoms with E-state index < -0.39 is 61.2 Å². The third kappa shape index (κ3) is 3.97. The van der Waals surface area contributed by atoms with Gasteiger partial charge >= 0.3 is 6.18 Å². The highest BCUT2D eigenvalue weighted by atomic mass is 32.2. The number of benzene rings is 2. The van der Waals surface area contributed by atoms with Crippen molar-refractivity contribution in [3.63, 3.8) is 0 Å². The molecule has 36 heavy (non-hydrogen) atoms. The van der Waals surface area contributed by atoms with Gasteiger partial charge in [0.2, 0.25) is 0 Å². The second kappa shape index (κ2) is 9.18. The lowest BCUT2D eigenvalue weighted by Gasteiger charge is -2.53. The van der Waals surface area contributed by atoms with Gasteiger partial charge in [-0.2, -0.15) is 18.2 Å². The summed E-state index contributed by atoms with van der Waals surface area (Å²) < 4.78 is 56.5. The van der Waals surface area contributed by atoms with Crippen molar-refractivity contribution in [3.8, 4) is 0 Å². The molecule has 2 aromatic carbocycles. The molecule has 2 aromatic rings. The van der Waals surface area contributed by atoms with Crippen molar-refractivity contribution in [2.45, 2.75) is 41.1 Å². The minimum Gasteiger partial charge on any atom is -0.394 e. The normalized spacial score (nSPS) is 25.2. The van der Waals surface area contributed by atoms with Crippen molar-refractivity contribution in [1.82, 2.24) is 14.9 Å². The SMILES string of the molecule is O=C1C=CN2C(C(=O)N([C@H](CO)C(F)(F)F)CN2[C@H]2c3ccccc3CSc3c(F)cccc32)C1O. The van der Waals surface area contributed by atoms with Gasteiger partial charge in [-0.25, -0.2) is 4.39 Å². The van der Waals surface area contributed by atoms with E-state index in [2.05, 4.69) is 0 Å². The Morgan fingerprint density at radius 1 is 1.08 bits per heavy atom. The predicted octanol–water partition coefficient (Wildman–Crippen LogP) is 2.59. The molecule has 0 aliphatic carbocycles. The lowest BCUT2D eigenvalue weighted by Crippen LogP contribution is -2.71. The van der Waals surface area contributed by atoms with Crippen molar-refractivity contribution in [3.05, 3.63) is 77.2 Å². The summed E-state index contributed by atoms with van der Waals surface area (Å²) in [5, 5.41) is 22.9. The van der Waals surface area contributed by atoms with Crippen LogP contribution in [0.1, 0.15) is 22.7 Å². The molecular formula is C24H21F4N3O4S. The van der Waals surface area contributed by atoms with Crippen molar-refractivity contribution in [2.24, 2.45) is 0 Å². The number of ketones is 1. The number of nitrogens with zero attached hydrogens (tertiary/aromatic N) is 3. The second-order valence-corrected chi connectivity index (χ2v) is 9.65. The lowest BCUT2D eigenvalue weighted by molar-refractivity contribution is -0.230. The van der Waals surface area contributed by atoms with Crippen molar-refractivity contribution < 1.29 is 37.4 Å². The number of fused-ring (bicyclic) bond motifs is 3. The molecule has 2 unspecified atom stereocenters. The fourth-order valence-corrected chi connectivity index (χ4v) is 6.03. The van der Waals surface area contributed by atoms with Crippen molar-refractivity contribution in [1.29, 1.82) is 0 Å². The summed E-state index contributed by atoms with van der Waals surface area (Å²) in [6.45, 7) is -2.04. The van der Waals surface area contributed by atoms with E-state index in [0.29, 0.717) is 26.7 Å². The van der Waals surface area contributed by atoms with Gasteiger partial charge in [-0.05, 0) is 22.8 Å². The second-order valence-electron chi connectivity index (χ2n) is 8.66. The first-order valence-electron chi connectivity index (χ1n) is 11.1. The van der Waals surface area contributed by atoms with Crippen LogP contribution in [0.15, 0.2) is 59.6 Å². The molecule has 3 aliphatic heterocycles. The molecule has 0 aromatic heterocycles. The molecule has 0 saturated carbocycles. The molecule has 190 valence electrons. The van der Waals surface area contributed by atoms with Crippen molar-refractivity contribution in [2.75, 3.05) is 13.3 Å². The first kappa shape index (κ1) is 24.8. The zero-order valence-corrected chi connectivity index (χ0v) is 19.4. The first-order valence-corrected chi connectivity index (χ1v) is 12.0. The van der Waals surface area contributed by atoms with Gasteiger partial charge in [0.15, 0.2) is 17.9 Å². The third-order valence-corrected chi connectivity index (χ3v) is 7.81. The van der Waals surface area contributed by atoms with Crippen LogP contribution >= 0.6 is 11.8 Å². The van der Waals surface area contributed by atoms with Crippen LogP contribution in [0, 0.1) is 5.82 Å². The van der Waals surface area contributed by atoms with Crippen LogP contribution in [-0.2, 0) is 15.3 Å². The zero-order valence-electron chi connectivity index (χ0n) is 18.6. The highest BCUT2D eigenvalue weighted by molar-refractivity contribution is 7.98. The average molecular weight is 524 g/mol. The highest BCUT2D eigenvalue weighted by Crippen LogP contribution is 2.45. The topological polar surface area (TPSA) is 84.3 Å². The Hall–Kier alpha value is -2.93. The van der Waals surface area contributed by atoms with E-state index in [1.807, 2.05) is 6.07 Å². The van der Waals surface area contributed by atoms with Gasteiger partial charge in [0.25, 0.3) is 5.91 Å². The van der Waals surface area contributed by atoms with Crippen LogP contribution in [0.5, 0.6) is 0 Å². The van der Waals surface area contributed by atoms with E-state index in [1.54, 1.807) is 24.3 Å². The number of alkyl halides is 3. The number of hydrogen-bond donors (Lipinski definition) is 2. The highest BCUT2D eigenvalue weighted by Gasteiger charge is 2.55. The van der Waals surface area contributed by atoms with E-state index in [-0.39, 0.29) is 0 Å². The minimum absolute atomic E-state index is 0.311. The van der Waals surface area contributed by atoms with Gasteiger partial charge < -0.3 is 15.1 Å². The molecule has 4 atom stereocenters. The molecule has 0 radical (unpaired) electrons. The molecule has 2 N–H and O–H groups in total. The largest absolute Gasteiger partial charge is 0.411 e. The summed E-state index contributed by atoms with van der Waals surface area (Å²) in [7, 11) is 0. The number of thioether (sulfide) groups is 1. The third-order valence-electron chi connectivity index (χ3n) is 6.64. The van der Waals surface area contributed by atoms with Gasteiger partial charge in [-0.3, -0.25) is 14.6 Å². The summed E-state index contributed by atoms with van der Waals surface area (Å²) in [6, 6.07) is 6.50. The molecule has 3 heterocycles. The maximum absolute atomic E-state index is 14.9. The number of halogens is 4. The fraction of sp³-hybridized carbons (Fsp3) is 0.333. The van der Waals surface area contributed by atoms with Gasteiger partial charge in [-0.1, -0.05) is 36.4 Å². The summed E-state index contributed by atoms with van der Waals surface area (Å²) >= 11 is 1.25. The molecule has 12 heteroatoms. The van der Waals surface area contributed by atoms with Crippen LogP contribution in [0.2, 0.25) is 0 Å². The van der Waals surface area contributed by atoms with Gasteiger partial charge in [0.1, 0.15) is 11.9 Å². The van der Waals surface area contributed by atoms with Crippen LogP contribution in [0.3, 0.4) is 0 Å². The summed E-state index contributed by atoms with van der Waals surface area (Å²) in [4.78, 5) is 26.2. The number of aliphatic hydroxyl groups excluding tert-OH is 2. The van der Waals surface area contributed by atoms with Gasteiger partial charge in [-0.15, -0.1) is 11.8 Å². The zero-order chi connectivity index (χ0) is 25.8. The number of hydrogen-bond acceptors (Lipinski definition) is 7. The molecular weight excluding hydrogens is 502 g/mol. The fourth-order valence-electron chi connectivity index (χ4n) is 4.91. The van der Waals surface area contributed by atoms with E-state index in [0.717, 1.165) is 11.6 Å². The molecule has 7 nitrogen and oxygen atoms in total. The first-order chi connectivity index (χ1) is 17.1. The molecule has 5 rings (SSSR count). The summed E-state index contributed by atoms with van der Waals surface area (Å²) in [5.41, 5.74) is 1.95. The summed E-state index contributed by atoms with van der Waals surface area (Å²) in [5.74, 6) is -2.07. The molecule has 1 amide bonds. The Labute approximate surface area is 207 Å². The van der Waals surface area contributed by atoms with E-state index in [4.69, 9.17) is 0 Å².